The summed E-state index contributed by atoms with van der Waals surface area (Å²) in [5.74, 6) is 2.31. The first-order valence-corrected chi connectivity index (χ1v) is 9.83. The van der Waals surface area contributed by atoms with E-state index in [0.717, 1.165) is 30.6 Å². The van der Waals surface area contributed by atoms with Crippen molar-refractivity contribution in [3.8, 4) is 0 Å². The van der Waals surface area contributed by atoms with Gasteiger partial charge in [-0.1, -0.05) is 38.3 Å². The second-order valence-corrected chi connectivity index (χ2v) is 9.20. The van der Waals surface area contributed by atoms with E-state index < -0.39 is 0 Å². The van der Waals surface area contributed by atoms with Crippen molar-refractivity contribution in [2.24, 2.45) is 28.6 Å². The summed E-state index contributed by atoms with van der Waals surface area (Å²) in [5, 5.41) is 0. The lowest BCUT2D eigenvalue weighted by atomic mass is 9.49. The standard InChI is InChI=1S/C21H32O2/c1-14(22)23-19-10-9-17-16-8-7-15-6-4-5-12-20(15,2)18(16)11-13-21(17,19)3/h11,15-17,19H,4-10,12-13H2,1-3H3. The van der Waals surface area contributed by atoms with Gasteiger partial charge in [0.15, 0.2) is 0 Å². The molecule has 0 aromatic carbocycles. The molecule has 0 saturated heterocycles. The second-order valence-electron chi connectivity index (χ2n) is 9.20. The molecule has 0 amide bonds. The lowest BCUT2D eigenvalue weighted by Crippen LogP contribution is -2.48. The van der Waals surface area contributed by atoms with Gasteiger partial charge in [-0.25, -0.2) is 0 Å². The summed E-state index contributed by atoms with van der Waals surface area (Å²) in [7, 11) is 0. The minimum Gasteiger partial charge on any atom is -0.462 e. The van der Waals surface area contributed by atoms with Crippen LogP contribution in [0.4, 0.5) is 0 Å². The van der Waals surface area contributed by atoms with Gasteiger partial charge in [-0.05, 0) is 68.1 Å². The fraction of sp³-hybridized carbons (Fsp3) is 0.857. The van der Waals surface area contributed by atoms with Crippen molar-refractivity contribution >= 4 is 5.97 Å². The van der Waals surface area contributed by atoms with Crippen molar-refractivity contribution < 1.29 is 9.53 Å². The highest BCUT2D eigenvalue weighted by molar-refractivity contribution is 5.66. The average molecular weight is 316 g/mol. The van der Waals surface area contributed by atoms with Gasteiger partial charge in [-0.2, -0.15) is 0 Å². The van der Waals surface area contributed by atoms with Crippen LogP contribution in [0.1, 0.15) is 78.6 Å². The van der Waals surface area contributed by atoms with Gasteiger partial charge in [0.25, 0.3) is 0 Å². The maximum atomic E-state index is 11.5. The van der Waals surface area contributed by atoms with Crippen molar-refractivity contribution in [2.45, 2.75) is 84.7 Å². The molecular formula is C21H32O2. The predicted molar refractivity (Wildman–Crippen MR) is 91.9 cm³/mol. The lowest BCUT2D eigenvalue weighted by Gasteiger charge is -2.56. The zero-order chi connectivity index (χ0) is 16.2. The Bertz CT molecular complexity index is 536. The Labute approximate surface area is 141 Å². The third-order valence-corrected chi connectivity index (χ3v) is 8.16. The van der Waals surface area contributed by atoms with Crippen LogP contribution in [0.5, 0.6) is 0 Å². The molecule has 6 atom stereocenters. The Morgan fingerprint density at radius 2 is 1.96 bits per heavy atom. The summed E-state index contributed by atoms with van der Waals surface area (Å²) < 4.78 is 5.73. The summed E-state index contributed by atoms with van der Waals surface area (Å²) in [6.07, 6.45) is 14.7. The molecule has 0 spiro atoms. The summed E-state index contributed by atoms with van der Waals surface area (Å²) >= 11 is 0. The number of hydrogen-bond acceptors (Lipinski definition) is 2. The van der Waals surface area contributed by atoms with E-state index in [1.165, 1.54) is 44.9 Å². The zero-order valence-electron chi connectivity index (χ0n) is 15.1. The molecule has 3 saturated carbocycles. The molecule has 3 fully saturated rings. The van der Waals surface area contributed by atoms with Crippen LogP contribution in [0.15, 0.2) is 11.6 Å². The highest BCUT2D eigenvalue weighted by Crippen LogP contribution is 2.64. The van der Waals surface area contributed by atoms with Gasteiger partial charge < -0.3 is 4.74 Å². The molecule has 23 heavy (non-hydrogen) atoms. The molecule has 4 rings (SSSR count). The van der Waals surface area contributed by atoms with Crippen molar-refractivity contribution in [1.29, 1.82) is 0 Å². The van der Waals surface area contributed by atoms with Crippen LogP contribution in [0.3, 0.4) is 0 Å². The number of ether oxygens (including phenoxy) is 1. The average Bonchev–Trinajstić information content (AvgIpc) is 2.83. The van der Waals surface area contributed by atoms with Crippen LogP contribution in [-0.2, 0) is 9.53 Å². The molecule has 0 radical (unpaired) electrons. The molecular weight excluding hydrogens is 284 g/mol. The Hall–Kier alpha value is -0.790. The smallest absolute Gasteiger partial charge is 0.302 e. The van der Waals surface area contributed by atoms with Gasteiger partial charge in [0.2, 0.25) is 0 Å². The molecule has 0 heterocycles. The van der Waals surface area contributed by atoms with E-state index in [-0.39, 0.29) is 17.5 Å². The zero-order valence-corrected chi connectivity index (χ0v) is 15.1. The molecule has 0 N–H and O–H groups in total. The maximum absolute atomic E-state index is 11.5. The van der Waals surface area contributed by atoms with Crippen LogP contribution in [0.2, 0.25) is 0 Å². The van der Waals surface area contributed by atoms with E-state index in [4.69, 9.17) is 4.74 Å². The highest BCUT2D eigenvalue weighted by Gasteiger charge is 2.57. The van der Waals surface area contributed by atoms with Crippen molar-refractivity contribution in [3.05, 3.63) is 11.6 Å². The van der Waals surface area contributed by atoms with Gasteiger partial charge in [0, 0.05) is 12.3 Å². The monoisotopic (exact) mass is 316 g/mol. The first kappa shape index (κ1) is 15.7. The molecule has 2 heteroatoms. The summed E-state index contributed by atoms with van der Waals surface area (Å²) in [6.45, 7) is 6.52. The third-order valence-electron chi connectivity index (χ3n) is 8.16. The number of esters is 1. The Morgan fingerprint density at radius 1 is 1.13 bits per heavy atom. The molecule has 0 aromatic heterocycles. The van der Waals surface area contributed by atoms with Gasteiger partial charge in [-0.3, -0.25) is 4.79 Å². The van der Waals surface area contributed by atoms with E-state index in [1.54, 1.807) is 12.5 Å². The summed E-state index contributed by atoms with van der Waals surface area (Å²) in [4.78, 5) is 11.5. The van der Waals surface area contributed by atoms with E-state index in [9.17, 15) is 4.79 Å². The number of carbonyl (C=O) groups is 1. The first-order chi connectivity index (χ1) is 10.9. The van der Waals surface area contributed by atoms with Crippen LogP contribution in [-0.4, -0.2) is 12.1 Å². The highest BCUT2D eigenvalue weighted by atomic mass is 16.5. The van der Waals surface area contributed by atoms with E-state index >= 15 is 0 Å². The topological polar surface area (TPSA) is 26.3 Å². The summed E-state index contributed by atoms with van der Waals surface area (Å²) in [6, 6.07) is 0. The quantitative estimate of drug-likeness (QED) is 0.486. The minimum absolute atomic E-state index is 0.102. The van der Waals surface area contributed by atoms with E-state index in [0.29, 0.717) is 5.41 Å². The maximum Gasteiger partial charge on any atom is 0.302 e. The van der Waals surface area contributed by atoms with Gasteiger partial charge >= 0.3 is 5.97 Å². The first-order valence-electron chi connectivity index (χ1n) is 9.83. The van der Waals surface area contributed by atoms with Crippen LogP contribution >= 0.6 is 0 Å². The second kappa shape index (κ2) is 5.36. The summed E-state index contributed by atoms with van der Waals surface area (Å²) in [5.41, 5.74) is 2.46. The normalized spacial score (nSPS) is 48.7. The van der Waals surface area contributed by atoms with Crippen molar-refractivity contribution in [1.82, 2.24) is 0 Å². The number of allylic oxidation sites excluding steroid dienone is 2. The molecule has 4 aliphatic rings. The van der Waals surface area contributed by atoms with Crippen molar-refractivity contribution in [3.63, 3.8) is 0 Å². The van der Waals surface area contributed by atoms with Crippen LogP contribution in [0, 0.1) is 28.6 Å². The Kier molecular flexibility index (Phi) is 3.66. The van der Waals surface area contributed by atoms with Gasteiger partial charge in [0.05, 0.1) is 0 Å². The number of rotatable bonds is 1. The molecule has 4 aliphatic carbocycles. The molecule has 128 valence electrons. The number of carbonyl (C=O) groups excluding carboxylic acids is 1. The third kappa shape index (κ3) is 2.23. The fourth-order valence-corrected chi connectivity index (χ4v) is 6.91. The molecule has 0 aromatic rings. The van der Waals surface area contributed by atoms with Crippen molar-refractivity contribution in [2.75, 3.05) is 0 Å². The Balaban J connectivity index is 1.65. The van der Waals surface area contributed by atoms with E-state index in [2.05, 4.69) is 19.9 Å². The molecule has 0 bridgehead atoms. The predicted octanol–water partition coefficient (Wildman–Crippen LogP) is 5.27. The van der Waals surface area contributed by atoms with E-state index in [1.807, 2.05) is 0 Å². The molecule has 2 nitrogen and oxygen atoms in total. The van der Waals surface area contributed by atoms with Crippen LogP contribution in [0.25, 0.3) is 0 Å². The Morgan fingerprint density at radius 3 is 2.74 bits per heavy atom. The minimum atomic E-state index is -0.102. The lowest BCUT2D eigenvalue weighted by molar-refractivity contribution is -0.153. The molecule has 0 aliphatic heterocycles. The molecule has 6 unspecified atom stereocenters. The fourth-order valence-electron chi connectivity index (χ4n) is 6.91. The SMILES string of the molecule is CC(=O)OC1CCC2C3CCC4CCCCC4(C)C3=CCC12C. The number of fused-ring (bicyclic) bond motifs is 5. The largest absolute Gasteiger partial charge is 0.462 e. The number of hydrogen-bond donors (Lipinski definition) is 0. The van der Waals surface area contributed by atoms with Gasteiger partial charge in [-0.15, -0.1) is 0 Å². The van der Waals surface area contributed by atoms with Gasteiger partial charge in [0.1, 0.15) is 6.10 Å². The van der Waals surface area contributed by atoms with Crippen LogP contribution < -0.4 is 0 Å².